The Morgan fingerprint density at radius 2 is 2.00 bits per heavy atom. The molecule has 0 aromatic rings. The zero-order valence-electron chi connectivity index (χ0n) is 13.7. The molecule has 2 N–H and O–H groups in total. The lowest BCUT2D eigenvalue weighted by molar-refractivity contribution is -0.128. The van der Waals surface area contributed by atoms with Crippen LogP contribution in [0, 0.1) is 17.8 Å². The van der Waals surface area contributed by atoms with Gasteiger partial charge in [-0.3, -0.25) is 10.1 Å². The highest BCUT2D eigenvalue weighted by atomic mass is 16.2. The summed E-state index contributed by atoms with van der Waals surface area (Å²) in [6.07, 6.45) is 3.17. The second kappa shape index (κ2) is 5.05. The molecule has 114 valence electrons. The van der Waals surface area contributed by atoms with Gasteiger partial charge in [-0.1, -0.05) is 27.2 Å². The van der Waals surface area contributed by atoms with Crippen molar-refractivity contribution in [1.29, 1.82) is 0 Å². The summed E-state index contributed by atoms with van der Waals surface area (Å²) in [5.41, 5.74) is -0.634. The zero-order valence-corrected chi connectivity index (χ0v) is 13.7. The van der Waals surface area contributed by atoms with Crippen LogP contribution in [0.5, 0.6) is 0 Å². The molecule has 1 saturated carbocycles. The molecule has 1 aliphatic carbocycles. The number of nitrogens with one attached hydrogen (secondary N) is 2. The standard InChI is InChI=1S/C16H29N3O/c1-10(2)12-8-7-11(3)9-16(12)13(20)17-14(19-16)18-15(4,5)6/h10-12H,7-9H2,1-6H3,(H2,17,18,19,20). The highest BCUT2D eigenvalue weighted by Crippen LogP contribution is 2.45. The zero-order chi connectivity index (χ0) is 15.1. The molecule has 2 rings (SSSR count). The van der Waals surface area contributed by atoms with Gasteiger partial charge in [0.15, 0.2) is 5.96 Å². The predicted molar refractivity (Wildman–Crippen MR) is 82.5 cm³/mol. The first-order valence-electron chi connectivity index (χ1n) is 7.83. The van der Waals surface area contributed by atoms with Crippen LogP contribution < -0.4 is 10.6 Å². The lowest BCUT2D eigenvalue weighted by Crippen LogP contribution is -2.52. The number of nitrogens with zero attached hydrogens (tertiary/aromatic N) is 1. The van der Waals surface area contributed by atoms with Crippen molar-refractivity contribution in [2.24, 2.45) is 22.7 Å². The molecule has 3 atom stereocenters. The summed E-state index contributed by atoms with van der Waals surface area (Å²) in [6, 6.07) is 0. The van der Waals surface area contributed by atoms with Gasteiger partial charge >= 0.3 is 0 Å². The molecule has 0 aromatic carbocycles. The molecule has 1 aliphatic heterocycles. The highest BCUT2D eigenvalue weighted by molar-refractivity contribution is 6.07. The molecular formula is C16H29N3O. The van der Waals surface area contributed by atoms with Crippen LogP contribution in [0.3, 0.4) is 0 Å². The van der Waals surface area contributed by atoms with Crippen molar-refractivity contribution in [3.63, 3.8) is 0 Å². The van der Waals surface area contributed by atoms with Crippen molar-refractivity contribution in [3.8, 4) is 0 Å². The summed E-state index contributed by atoms with van der Waals surface area (Å²) in [5, 5.41) is 6.29. The Hall–Kier alpha value is -1.06. The number of rotatable bonds is 1. The van der Waals surface area contributed by atoms with E-state index in [0.29, 0.717) is 23.7 Å². The number of guanidine groups is 1. The maximum Gasteiger partial charge on any atom is 0.255 e. The van der Waals surface area contributed by atoms with Crippen molar-refractivity contribution in [2.45, 2.75) is 71.9 Å². The monoisotopic (exact) mass is 279 g/mol. The van der Waals surface area contributed by atoms with Gasteiger partial charge in [0.05, 0.1) is 0 Å². The Balaban J connectivity index is 2.32. The third-order valence-electron chi connectivity index (χ3n) is 4.48. The number of carbonyl (C=O) groups excluding carboxylic acids is 1. The lowest BCUT2D eigenvalue weighted by atomic mass is 9.65. The molecule has 3 unspecified atom stereocenters. The first kappa shape index (κ1) is 15.3. The fourth-order valence-electron chi connectivity index (χ4n) is 3.67. The van der Waals surface area contributed by atoms with Crippen molar-refractivity contribution in [2.75, 3.05) is 0 Å². The third-order valence-corrected chi connectivity index (χ3v) is 4.48. The summed E-state index contributed by atoms with van der Waals surface area (Å²) >= 11 is 0. The second-order valence-electron chi connectivity index (χ2n) is 7.95. The Labute approximate surface area is 122 Å². The molecule has 0 bridgehead atoms. The third kappa shape index (κ3) is 2.84. The Morgan fingerprint density at radius 3 is 2.55 bits per heavy atom. The molecule has 1 fully saturated rings. The molecular weight excluding hydrogens is 250 g/mol. The summed E-state index contributed by atoms with van der Waals surface area (Å²) in [4.78, 5) is 17.5. The smallest absolute Gasteiger partial charge is 0.255 e. The van der Waals surface area contributed by atoms with Crippen molar-refractivity contribution >= 4 is 11.9 Å². The maximum atomic E-state index is 12.6. The molecule has 0 aromatic heterocycles. The number of aliphatic imine (C=N–C) groups is 1. The van der Waals surface area contributed by atoms with Gasteiger partial charge in [-0.15, -0.1) is 0 Å². The highest BCUT2D eigenvalue weighted by Gasteiger charge is 2.53. The van der Waals surface area contributed by atoms with E-state index >= 15 is 0 Å². The van der Waals surface area contributed by atoms with E-state index < -0.39 is 5.54 Å². The van der Waals surface area contributed by atoms with E-state index in [1.54, 1.807) is 0 Å². The van der Waals surface area contributed by atoms with Crippen LogP contribution >= 0.6 is 0 Å². The quantitative estimate of drug-likeness (QED) is 0.775. The van der Waals surface area contributed by atoms with Crippen molar-refractivity contribution < 1.29 is 4.79 Å². The molecule has 0 radical (unpaired) electrons. The number of hydrogen-bond donors (Lipinski definition) is 2. The molecule has 1 spiro atoms. The van der Waals surface area contributed by atoms with Gasteiger partial charge in [0.2, 0.25) is 0 Å². The van der Waals surface area contributed by atoms with Gasteiger partial charge in [0, 0.05) is 5.54 Å². The van der Waals surface area contributed by atoms with Gasteiger partial charge in [-0.05, 0) is 51.4 Å². The number of carbonyl (C=O) groups is 1. The average Bonchev–Trinajstić information content (AvgIpc) is 2.51. The minimum Gasteiger partial charge on any atom is -0.351 e. The van der Waals surface area contributed by atoms with Gasteiger partial charge in [-0.25, -0.2) is 4.99 Å². The first-order valence-corrected chi connectivity index (χ1v) is 7.83. The minimum atomic E-state index is -0.542. The van der Waals surface area contributed by atoms with E-state index in [-0.39, 0.29) is 11.4 Å². The second-order valence-corrected chi connectivity index (χ2v) is 7.95. The van der Waals surface area contributed by atoms with E-state index in [2.05, 4.69) is 52.2 Å². The Kier molecular flexibility index (Phi) is 3.87. The van der Waals surface area contributed by atoms with Crippen LogP contribution in [-0.4, -0.2) is 22.9 Å². The van der Waals surface area contributed by atoms with Gasteiger partial charge in [0.1, 0.15) is 5.54 Å². The molecule has 4 heteroatoms. The van der Waals surface area contributed by atoms with E-state index in [4.69, 9.17) is 4.99 Å². The molecule has 1 heterocycles. The van der Waals surface area contributed by atoms with Crippen LogP contribution in [0.1, 0.15) is 60.8 Å². The molecule has 1 amide bonds. The SMILES string of the molecule is CC1CCC(C(C)C)C2(C1)N=C(NC(C)(C)C)NC2=O. The van der Waals surface area contributed by atoms with E-state index in [1.165, 1.54) is 6.42 Å². The predicted octanol–water partition coefficient (Wildman–Crippen LogP) is 2.69. The Morgan fingerprint density at radius 1 is 1.35 bits per heavy atom. The topological polar surface area (TPSA) is 53.5 Å². The maximum absolute atomic E-state index is 12.6. The van der Waals surface area contributed by atoms with E-state index in [0.717, 1.165) is 12.8 Å². The fraction of sp³-hybridized carbons (Fsp3) is 0.875. The summed E-state index contributed by atoms with van der Waals surface area (Å²) < 4.78 is 0. The molecule has 20 heavy (non-hydrogen) atoms. The van der Waals surface area contributed by atoms with Gasteiger partial charge in [-0.2, -0.15) is 0 Å². The summed E-state index contributed by atoms with van der Waals surface area (Å²) in [5.74, 6) is 2.13. The van der Waals surface area contributed by atoms with Crippen LogP contribution in [0.2, 0.25) is 0 Å². The largest absolute Gasteiger partial charge is 0.351 e. The molecule has 4 nitrogen and oxygen atoms in total. The van der Waals surface area contributed by atoms with Gasteiger partial charge < -0.3 is 5.32 Å². The van der Waals surface area contributed by atoms with Crippen LogP contribution in [0.25, 0.3) is 0 Å². The van der Waals surface area contributed by atoms with Crippen LogP contribution in [0.15, 0.2) is 4.99 Å². The van der Waals surface area contributed by atoms with E-state index in [9.17, 15) is 4.79 Å². The first-order chi connectivity index (χ1) is 9.14. The normalized spacial score (nSPS) is 34.4. The molecule has 2 aliphatic rings. The number of amides is 1. The minimum absolute atomic E-state index is 0.0920. The summed E-state index contributed by atoms with van der Waals surface area (Å²) in [7, 11) is 0. The summed E-state index contributed by atoms with van der Waals surface area (Å²) in [6.45, 7) is 12.9. The average molecular weight is 279 g/mol. The van der Waals surface area contributed by atoms with Crippen LogP contribution in [-0.2, 0) is 4.79 Å². The number of hydrogen-bond acceptors (Lipinski definition) is 3. The van der Waals surface area contributed by atoms with Crippen LogP contribution in [0.4, 0.5) is 0 Å². The Bertz CT molecular complexity index is 422. The molecule has 0 saturated heterocycles. The van der Waals surface area contributed by atoms with E-state index in [1.807, 2.05) is 0 Å². The van der Waals surface area contributed by atoms with Crippen molar-refractivity contribution in [3.05, 3.63) is 0 Å². The fourth-order valence-corrected chi connectivity index (χ4v) is 3.67. The lowest BCUT2D eigenvalue weighted by Gasteiger charge is -2.41. The van der Waals surface area contributed by atoms with Gasteiger partial charge in [0.25, 0.3) is 5.91 Å². The van der Waals surface area contributed by atoms with Crippen molar-refractivity contribution in [1.82, 2.24) is 10.6 Å².